The summed E-state index contributed by atoms with van der Waals surface area (Å²) in [6.45, 7) is 1.84. The number of rotatable bonds is 5. The van der Waals surface area contributed by atoms with Crippen molar-refractivity contribution in [3.8, 4) is 11.5 Å². The van der Waals surface area contributed by atoms with Crippen molar-refractivity contribution in [1.82, 2.24) is 14.2 Å². The van der Waals surface area contributed by atoms with Crippen LogP contribution in [0.3, 0.4) is 0 Å². The summed E-state index contributed by atoms with van der Waals surface area (Å²) in [5.41, 5.74) is 1.87. The average Bonchev–Trinajstić information content (AvgIpc) is 2.99. The molecule has 0 aliphatic carbocycles. The molecule has 2 aromatic carbocycles. The second-order valence-corrected chi connectivity index (χ2v) is 6.36. The number of amides is 1. The fourth-order valence-electron chi connectivity index (χ4n) is 2.83. The molecule has 0 radical (unpaired) electrons. The summed E-state index contributed by atoms with van der Waals surface area (Å²) >= 11 is 0. The maximum atomic E-state index is 12.3. The van der Waals surface area contributed by atoms with Crippen molar-refractivity contribution in [3.63, 3.8) is 0 Å². The molecule has 1 N–H and O–H groups in total. The van der Waals surface area contributed by atoms with Crippen LogP contribution in [0.4, 0.5) is 5.69 Å². The molecule has 0 unspecified atom stereocenters. The smallest absolute Gasteiger partial charge is 0.350 e. The zero-order chi connectivity index (χ0) is 19.5. The molecule has 0 aliphatic rings. The van der Waals surface area contributed by atoms with Crippen LogP contribution in [0.25, 0.3) is 5.65 Å². The summed E-state index contributed by atoms with van der Waals surface area (Å²) in [4.78, 5) is 24.5. The maximum absolute atomic E-state index is 12.3. The van der Waals surface area contributed by atoms with Crippen LogP contribution in [0.5, 0.6) is 11.5 Å². The number of nitrogens with zero attached hydrogens (tertiary/aromatic N) is 3. The first-order valence-corrected chi connectivity index (χ1v) is 8.77. The number of nitrogens with one attached hydrogen (secondary N) is 1. The minimum Gasteiger partial charge on any atom is -0.457 e. The molecule has 0 saturated carbocycles. The normalized spacial score (nSPS) is 10.8. The van der Waals surface area contributed by atoms with Crippen molar-refractivity contribution in [2.75, 3.05) is 5.32 Å². The van der Waals surface area contributed by atoms with Gasteiger partial charge in [0.05, 0.1) is 0 Å². The number of anilines is 1. The lowest BCUT2D eigenvalue weighted by atomic mass is 10.2. The first-order chi connectivity index (χ1) is 13.6. The van der Waals surface area contributed by atoms with Gasteiger partial charge in [-0.15, -0.1) is 5.10 Å². The third kappa shape index (κ3) is 3.78. The number of aromatic nitrogens is 3. The topological polar surface area (TPSA) is 77.6 Å². The molecule has 7 heteroatoms. The van der Waals surface area contributed by atoms with Crippen LogP contribution < -0.4 is 15.7 Å². The van der Waals surface area contributed by atoms with Crippen LogP contribution in [-0.2, 0) is 11.3 Å². The van der Waals surface area contributed by atoms with Gasteiger partial charge in [0.1, 0.15) is 18.0 Å². The Hall–Kier alpha value is -3.87. The van der Waals surface area contributed by atoms with Crippen molar-refractivity contribution in [2.45, 2.75) is 13.5 Å². The molecular weight excluding hydrogens is 356 g/mol. The molecule has 28 heavy (non-hydrogen) atoms. The van der Waals surface area contributed by atoms with Gasteiger partial charge in [-0.25, -0.2) is 9.48 Å². The molecule has 2 heterocycles. The standard InChI is InChI=1S/C21H18N4O3/c1-15-5-4-6-18(13-15)28-17-10-8-16(9-11-17)22-20(26)14-25-21(27)24-12-3-2-7-19(24)23-25/h2-13H,14H2,1H3,(H,22,26). The van der Waals surface area contributed by atoms with Gasteiger partial charge in [0.15, 0.2) is 5.65 Å². The van der Waals surface area contributed by atoms with Crippen LogP contribution in [0, 0.1) is 6.92 Å². The van der Waals surface area contributed by atoms with Gasteiger partial charge in [-0.3, -0.25) is 9.20 Å². The van der Waals surface area contributed by atoms with E-state index < -0.39 is 0 Å². The fraction of sp³-hybridized carbons (Fsp3) is 0.0952. The first-order valence-electron chi connectivity index (χ1n) is 8.77. The van der Waals surface area contributed by atoms with Crippen LogP contribution in [0.1, 0.15) is 5.56 Å². The second-order valence-electron chi connectivity index (χ2n) is 6.36. The van der Waals surface area contributed by atoms with Gasteiger partial charge in [-0.05, 0) is 61.0 Å². The molecule has 4 rings (SSSR count). The van der Waals surface area contributed by atoms with Crippen molar-refractivity contribution in [2.24, 2.45) is 0 Å². The molecule has 0 atom stereocenters. The molecule has 0 aliphatic heterocycles. The van der Waals surface area contributed by atoms with Crippen molar-refractivity contribution >= 4 is 17.2 Å². The van der Waals surface area contributed by atoms with E-state index in [9.17, 15) is 9.59 Å². The number of fused-ring (bicyclic) bond motifs is 1. The van der Waals surface area contributed by atoms with Gasteiger partial charge in [-0.1, -0.05) is 18.2 Å². The molecule has 4 aromatic rings. The van der Waals surface area contributed by atoms with Crippen molar-refractivity contribution in [3.05, 3.63) is 89.0 Å². The number of ether oxygens (including phenoxy) is 1. The van der Waals surface area contributed by atoms with Crippen molar-refractivity contribution in [1.29, 1.82) is 0 Å². The fourth-order valence-corrected chi connectivity index (χ4v) is 2.83. The Balaban J connectivity index is 1.41. The minimum atomic E-state index is -0.354. The molecule has 1 amide bonds. The summed E-state index contributed by atoms with van der Waals surface area (Å²) in [5, 5.41) is 6.91. The first kappa shape index (κ1) is 17.5. The van der Waals surface area contributed by atoms with Gasteiger partial charge in [0, 0.05) is 11.9 Å². The quantitative estimate of drug-likeness (QED) is 0.582. The molecule has 2 aromatic heterocycles. The van der Waals surface area contributed by atoms with E-state index in [2.05, 4.69) is 10.4 Å². The Bertz CT molecular complexity index is 1190. The van der Waals surface area contributed by atoms with Gasteiger partial charge >= 0.3 is 5.69 Å². The third-order valence-electron chi connectivity index (χ3n) is 4.15. The zero-order valence-electron chi connectivity index (χ0n) is 15.2. The van der Waals surface area contributed by atoms with Gasteiger partial charge in [0.25, 0.3) is 0 Å². The monoisotopic (exact) mass is 374 g/mol. The third-order valence-corrected chi connectivity index (χ3v) is 4.15. The largest absolute Gasteiger partial charge is 0.457 e. The van der Waals surface area contributed by atoms with E-state index in [-0.39, 0.29) is 18.1 Å². The van der Waals surface area contributed by atoms with Gasteiger partial charge in [0.2, 0.25) is 5.91 Å². The van der Waals surface area contributed by atoms with E-state index in [1.165, 1.54) is 4.40 Å². The van der Waals surface area contributed by atoms with E-state index in [0.29, 0.717) is 17.1 Å². The number of carbonyl (C=O) groups excluding carboxylic acids is 1. The lowest BCUT2D eigenvalue weighted by Crippen LogP contribution is -2.28. The number of hydrogen-bond acceptors (Lipinski definition) is 4. The van der Waals surface area contributed by atoms with Crippen LogP contribution in [0.2, 0.25) is 0 Å². The maximum Gasteiger partial charge on any atom is 0.350 e. The summed E-state index contributed by atoms with van der Waals surface area (Å²) in [7, 11) is 0. The number of aryl methyl sites for hydroxylation is 1. The van der Waals surface area contributed by atoms with E-state index in [1.807, 2.05) is 31.2 Å². The van der Waals surface area contributed by atoms with Crippen LogP contribution in [0.15, 0.2) is 77.7 Å². The number of pyridine rings is 1. The lowest BCUT2D eigenvalue weighted by Gasteiger charge is -2.08. The summed E-state index contributed by atoms with van der Waals surface area (Å²) < 4.78 is 8.33. The number of carbonyl (C=O) groups is 1. The Morgan fingerprint density at radius 1 is 1.04 bits per heavy atom. The average molecular weight is 374 g/mol. The molecule has 0 spiro atoms. The Labute approximate surface area is 160 Å². The highest BCUT2D eigenvalue weighted by Gasteiger charge is 2.10. The second kappa shape index (κ2) is 7.40. The van der Waals surface area contributed by atoms with E-state index in [0.717, 1.165) is 16.0 Å². The molecule has 0 bridgehead atoms. The lowest BCUT2D eigenvalue weighted by molar-refractivity contribution is -0.117. The molecule has 0 saturated heterocycles. The number of hydrogen-bond donors (Lipinski definition) is 1. The Morgan fingerprint density at radius 2 is 1.86 bits per heavy atom. The Kier molecular flexibility index (Phi) is 4.63. The molecule has 7 nitrogen and oxygen atoms in total. The highest BCUT2D eigenvalue weighted by Crippen LogP contribution is 2.23. The van der Waals surface area contributed by atoms with Crippen LogP contribution in [-0.4, -0.2) is 20.1 Å². The van der Waals surface area contributed by atoms with E-state index >= 15 is 0 Å². The summed E-state index contributed by atoms with van der Waals surface area (Å²) in [6.07, 6.45) is 1.62. The molecular formula is C21H18N4O3. The zero-order valence-corrected chi connectivity index (χ0v) is 15.2. The summed E-state index contributed by atoms with van der Waals surface area (Å²) in [5.74, 6) is 1.08. The predicted octanol–water partition coefficient (Wildman–Crippen LogP) is 3.24. The number of benzene rings is 2. The SMILES string of the molecule is Cc1cccc(Oc2ccc(NC(=O)Cn3nc4ccccn4c3=O)cc2)c1. The van der Waals surface area contributed by atoms with Crippen LogP contribution >= 0.6 is 0 Å². The molecule has 140 valence electrons. The summed E-state index contributed by atoms with van der Waals surface area (Å²) in [6, 6.07) is 20.0. The molecule has 0 fully saturated rings. The minimum absolute atomic E-state index is 0.165. The Morgan fingerprint density at radius 3 is 2.61 bits per heavy atom. The highest BCUT2D eigenvalue weighted by molar-refractivity contribution is 5.90. The van der Waals surface area contributed by atoms with Crippen molar-refractivity contribution < 1.29 is 9.53 Å². The highest BCUT2D eigenvalue weighted by atomic mass is 16.5. The van der Waals surface area contributed by atoms with E-state index in [4.69, 9.17) is 4.74 Å². The predicted molar refractivity (Wildman–Crippen MR) is 106 cm³/mol. The van der Waals surface area contributed by atoms with Gasteiger partial charge < -0.3 is 10.1 Å². The van der Waals surface area contributed by atoms with Gasteiger partial charge in [-0.2, -0.15) is 0 Å². The van der Waals surface area contributed by atoms with E-state index in [1.54, 1.807) is 48.7 Å².